The normalized spacial score (nSPS) is 30.8. The van der Waals surface area contributed by atoms with Crippen LogP contribution in [0.5, 0.6) is 0 Å². The number of fused-ring (bicyclic) bond motifs is 2. The van der Waals surface area contributed by atoms with Crippen LogP contribution in [-0.4, -0.2) is 23.6 Å². The summed E-state index contributed by atoms with van der Waals surface area (Å²) in [4.78, 5) is 10.8. The lowest BCUT2D eigenvalue weighted by molar-refractivity contribution is 0.337. The van der Waals surface area contributed by atoms with Gasteiger partial charge in [0.1, 0.15) is 12.1 Å². The molecule has 2 fully saturated rings. The summed E-state index contributed by atoms with van der Waals surface area (Å²) in [7, 11) is 2.16. The topological polar surface area (TPSA) is 29.0 Å². The highest BCUT2D eigenvalue weighted by Crippen LogP contribution is 2.48. The number of hydrogen-bond donors (Lipinski definition) is 0. The first kappa shape index (κ1) is 11.7. The Kier molecular flexibility index (Phi) is 3.23. The maximum absolute atomic E-state index is 4.39. The minimum Gasteiger partial charge on any atom is -0.358 e. The highest BCUT2D eigenvalue weighted by Gasteiger charge is 2.39. The number of halogens is 1. The van der Waals surface area contributed by atoms with Gasteiger partial charge >= 0.3 is 0 Å². The average Bonchev–Trinajstić information content (AvgIpc) is 2.91. The second-order valence-corrected chi connectivity index (χ2v) is 6.67. The Balaban J connectivity index is 1.68. The number of anilines is 1. The predicted molar refractivity (Wildman–Crippen MR) is 77.0 cm³/mol. The molecule has 0 radical (unpaired) electrons. The zero-order chi connectivity index (χ0) is 11.8. The maximum Gasteiger partial charge on any atom is 0.145 e. The Labute approximate surface area is 116 Å². The fourth-order valence-electron chi connectivity index (χ4n) is 3.63. The smallest absolute Gasteiger partial charge is 0.145 e. The second kappa shape index (κ2) is 4.71. The van der Waals surface area contributed by atoms with Crippen molar-refractivity contribution >= 4 is 28.4 Å². The van der Waals surface area contributed by atoms with Crippen LogP contribution in [0.25, 0.3) is 0 Å². The SMILES string of the molecule is CN(CC1CC2CCC1C2)c1ncncc1I. The molecule has 0 aliphatic heterocycles. The van der Waals surface area contributed by atoms with Crippen LogP contribution >= 0.6 is 22.6 Å². The largest absolute Gasteiger partial charge is 0.358 e. The lowest BCUT2D eigenvalue weighted by atomic mass is 9.88. The van der Waals surface area contributed by atoms with E-state index >= 15 is 0 Å². The van der Waals surface area contributed by atoms with Crippen molar-refractivity contribution in [3.05, 3.63) is 16.1 Å². The van der Waals surface area contributed by atoms with E-state index in [9.17, 15) is 0 Å². The van der Waals surface area contributed by atoms with Crippen molar-refractivity contribution in [2.75, 3.05) is 18.5 Å². The van der Waals surface area contributed by atoms with E-state index in [1.54, 1.807) is 6.33 Å². The lowest BCUT2D eigenvalue weighted by Gasteiger charge is -2.28. The minimum atomic E-state index is 0.893. The maximum atomic E-state index is 4.39. The first-order valence-electron chi connectivity index (χ1n) is 6.40. The molecule has 2 bridgehead atoms. The van der Waals surface area contributed by atoms with E-state index in [4.69, 9.17) is 0 Å². The summed E-state index contributed by atoms with van der Waals surface area (Å²) in [6.45, 7) is 1.16. The number of hydrogen-bond acceptors (Lipinski definition) is 3. The fraction of sp³-hybridized carbons (Fsp3) is 0.692. The van der Waals surface area contributed by atoms with Gasteiger partial charge in [0.2, 0.25) is 0 Å². The van der Waals surface area contributed by atoms with Gasteiger partial charge < -0.3 is 4.90 Å². The zero-order valence-corrected chi connectivity index (χ0v) is 12.3. The van der Waals surface area contributed by atoms with Crippen LogP contribution in [0.1, 0.15) is 25.7 Å². The van der Waals surface area contributed by atoms with Crippen molar-refractivity contribution in [1.82, 2.24) is 9.97 Å². The molecule has 0 spiro atoms. The molecule has 3 rings (SSSR count). The predicted octanol–water partition coefficient (Wildman–Crippen LogP) is 2.95. The molecule has 1 heterocycles. The molecule has 92 valence electrons. The van der Waals surface area contributed by atoms with E-state index in [-0.39, 0.29) is 0 Å². The molecule has 4 heteroatoms. The molecular weight excluding hydrogens is 325 g/mol. The summed E-state index contributed by atoms with van der Waals surface area (Å²) < 4.78 is 1.15. The van der Waals surface area contributed by atoms with E-state index in [1.807, 2.05) is 6.20 Å². The van der Waals surface area contributed by atoms with Crippen LogP contribution in [-0.2, 0) is 0 Å². The van der Waals surface area contributed by atoms with Crippen molar-refractivity contribution in [2.45, 2.75) is 25.7 Å². The van der Waals surface area contributed by atoms with Crippen LogP contribution in [0.2, 0.25) is 0 Å². The van der Waals surface area contributed by atoms with E-state index < -0.39 is 0 Å². The summed E-state index contributed by atoms with van der Waals surface area (Å²) >= 11 is 2.32. The van der Waals surface area contributed by atoms with Gasteiger partial charge in [0.15, 0.2) is 0 Å². The summed E-state index contributed by atoms with van der Waals surface area (Å²) in [6, 6.07) is 0. The molecule has 0 N–H and O–H groups in total. The molecule has 3 unspecified atom stereocenters. The monoisotopic (exact) mass is 343 g/mol. The molecule has 2 saturated carbocycles. The van der Waals surface area contributed by atoms with Gasteiger partial charge in [-0.1, -0.05) is 6.42 Å². The Morgan fingerprint density at radius 3 is 2.94 bits per heavy atom. The second-order valence-electron chi connectivity index (χ2n) is 5.51. The van der Waals surface area contributed by atoms with Gasteiger partial charge in [-0.25, -0.2) is 9.97 Å². The van der Waals surface area contributed by atoms with Crippen molar-refractivity contribution in [3.8, 4) is 0 Å². The van der Waals surface area contributed by atoms with Crippen LogP contribution in [0.15, 0.2) is 12.5 Å². The average molecular weight is 343 g/mol. The van der Waals surface area contributed by atoms with E-state index in [1.165, 1.54) is 25.7 Å². The van der Waals surface area contributed by atoms with Gasteiger partial charge in [0, 0.05) is 19.8 Å². The lowest BCUT2D eigenvalue weighted by Crippen LogP contribution is -2.29. The summed E-state index contributed by atoms with van der Waals surface area (Å²) in [5, 5.41) is 0. The molecule has 0 amide bonds. The van der Waals surface area contributed by atoms with Gasteiger partial charge in [-0.3, -0.25) is 0 Å². The van der Waals surface area contributed by atoms with Crippen molar-refractivity contribution in [3.63, 3.8) is 0 Å². The third-order valence-corrected chi connectivity index (χ3v) is 5.16. The Bertz CT molecular complexity index is 409. The third-order valence-electron chi connectivity index (χ3n) is 4.40. The standard InChI is InChI=1S/C13H18IN3/c1-17(13-12(14)6-15-8-16-13)7-11-5-9-2-3-10(11)4-9/h6,8-11H,2-5,7H2,1H3. The highest BCUT2D eigenvalue weighted by molar-refractivity contribution is 14.1. The molecule has 2 aliphatic carbocycles. The quantitative estimate of drug-likeness (QED) is 0.791. The molecule has 3 atom stereocenters. The molecule has 17 heavy (non-hydrogen) atoms. The number of aromatic nitrogens is 2. The van der Waals surface area contributed by atoms with Crippen LogP contribution in [0, 0.1) is 21.3 Å². The molecule has 0 aromatic carbocycles. The summed E-state index contributed by atoms with van der Waals surface area (Å²) in [6.07, 6.45) is 9.41. The summed E-state index contributed by atoms with van der Waals surface area (Å²) in [5.41, 5.74) is 0. The zero-order valence-electron chi connectivity index (χ0n) is 10.1. The van der Waals surface area contributed by atoms with Crippen molar-refractivity contribution in [1.29, 1.82) is 0 Å². The molecule has 1 aromatic rings. The van der Waals surface area contributed by atoms with E-state index in [0.29, 0.717) is 0 Å². The molecule has 1 aromatic heterocycles. The number of nitrogens with zero attached hydrogens (tertiary/aromatic N) is 3. The molecule has 3 nitrogen and oxygen atoms in total. The van der Waals surface area contributed by atoms with Gasteiger partial charge in [-0.15, -0.1) is 0 Å². The molecule has 0 saturated heterocycles. The van der Waals surface area contributed by atoms with Crippen LogP contribution < -0.4 is 4.90 Å². The Morgan fingerprint density at radius 1 is 1.41 bits per heavy atom. The minimum absolute atomic E-state index is 0.893. The molecular formula is C13H18IN3. The number of rotatable bonds is 3. The summed E-state index contributed by atoms with van der Waals surface area (Å²) in [5.74, 6) is 4.00. The fourth-order valence-corrected chi connectivity index (χ4v) is 4.34. The first-order chi connectivity index (χ1) is 8.24. The van der Waals surface area contributed by atoms with Crippen molar-refractivity contribution < 1.29 is 0 Å². The van der Waals surface area contributed by atoms with Crippen LogP contribution in [0.4, 0.5) is 5.82 Å². The van der Waals surface area contributed by atoms with Gasteiger partial charge in [-0.05, 0) is 59.6 Å². The molecule has 2 aliphatic rings. The third kappa shape index (κ3) is 2.28. The van der Waals surface area contributed by atoms with E-state index in [2.05, 4.69) is 44.5 Å². The van der Waals surface area contributed by atoms with Gasteiger partial charge in [0.05, 0.1) is 3.57 Å². The van der Waals surface area contributed by atoms with E-state index in [0.717, 1.165) is 33.7 Å². The first-order valence-corrected chi connectivity index (χ1v) is 7.48. The van der Waals surface area contributed by atoms with Gasteiger partial charge in [-0.2, -0.15) is 0 Å². The highest BCUT2D eigenvalue weighted by atomic mass is 127. The van der Waals surface area contributed by atoms with Crippen molar-refractivity contribution in [2.24, 2.45) is 17.8 Å². The van der Waals surface area contributed by atoms with Crippen LogP contribution in [0.3, 0.4) is 0 Å². The Hall–Kier alpha value is -0.390. The van der Waals surface area contributed by atoms with Gasteiger partial charge in [0.25, 0.3) is 0 Å². The Morgan fingerprint density at radius 2 is 2.29 bits per heavy atom.